The highest BCUT2D eigenvalue weighted by Gasteiger charge is 2.28. The molecule has 28 heavy (non-hydrogen) atoms. The van der Waals surface area contributed by atoms with Gasteiger partial charge >= 0.3 is 0 Å². The highest BCUT2D eigenvalue weighted by molar-refractivity contribution is 7.92. The topological polar surface area (TPSA) is 110 Å². The van der Waals surface area contributed by atoms with E-state index in [1.165, 1.54) is 30.3 Å². The molecular weight excluding hydrogens is 382 g/mol. The lowest BCUT2D eigenvalue weighted by atomic mass is 10.2. The number of anilines is 1. The van der Waals surface area contributed by atoms with Crippen LogP contribution in [0.3, 0.4) is 0 Å². The van der Waals surface area contributed by atoms with Crippen LogP contribution in [0.25, 0.3) is 0 Å². The van der Waals surface area contributed by atoms with E-state index in [4.69, 9.17) is 0 Å². The molecule has 0 aliphatic carbocycles. The summed E-state index contributed by atoms with van der Waals surface area (Å²) in [4.78, 5) is 22.6. The third-order valence-corrected chi connectivity index (χ3v) is 5.43. The van der Waals surface area contributed by atoms with E-state index in [0.29, 0.717) is 4.41 Å². The second-order valence-corrected chi connectivity index (χ2v) is 7.45. The highest BCUT2D eigenvalue weighted by Crippen LogP contribution is 2.24. The van der Waals surface area contributed by atoms with Crippen LogP contribution in [0.2, 0.25) is 0 Å². The zero-order chi connectivity index (χ0) is 20.1. The summed E-state index contributed by atoms with van der Waals surface area (Å²) >= 11 is 0. The van der Waals surface area contributed by atoms with Crippen molar-refractivity contribution in [1.29, 1.82) is 0 Å². The van der Waals surface area contributed by atoms with E-state index >= 15 is 0 Å². The van der Waals surface area contributed by atoms with Crippen molar-refractivity contribution < 1.29 is 18.1 Å². The summed E-state index contributed by atoms with van der Waals surface area (Å²) in [5.41, 5.74) is 2.44. The maximum atomic E-state index is 13.2. The smallest absolute Gasteiger partial charge is 0.267 e. The summed E-state index contributed by atoms with van der Waals surface area (Å²) in [6.45, 7) is 0. The minimum Gasteiger partial charge on any atom is -0.267 e. The molecule has 1 amide bonds. The molecule has 0 fully saturated rings. The van der Waals surface area contributed by atoms with Gasteiger partial charge in [-0.3, -0.25) is 14.9 Å². The molecule has 0 unspecified atom stereocenters. The van der Waals surface area contributed by atoms with Gasteiger partial charge in [0.15, 0.2) is 0 Å². The Hall–Kier alpha value is -3.72. The molecule has 1 N–H and O–H groups in total. The van der Waals surface area contributed by atoms with Gasteiger partial charge in [0.2, 0.25) is 0 Å². The predicted molar refractivity (Wildman–Crippen MR) is 103 cm³/mol. The van der Waals surface area contributed by atoms with Crippen molar-refractivity contribution in [3.05, 3.63) is 101 Å². The van der Waals surface area contributed by atoms with Gasteiger partial charge in [0.05, 0.1) is 15.5 Å². The number of non-ortho nitro benzene ring substituents is 1. The maximum Gasteiger partial charge on any atom is 0.282 e. The largest absolute Gasteiger partial charge is 0.282 e. The Labute approximate surface area is 161 Å². The van der Waals surface area contributed by atoms with E-state index in [0.717, 1.165) is 6.07 Å². The first-order chi connectivity index (χ1) is 13.4. The standard InChI is InChI=1S/C19H15N3O5S/c23-19(15-8-3-1-4-9-15)20-21(16-10-5-2-6-11-16)28(26,27)18-13-7-12-17(14-18)22(24)25/h1-14H,(H,20,23). The van der Waals surface area contributed by atoms with Gasteiger partial charge in [-0.05, 0) is 30.3 Å². The van der Waals surface area contributed by atoms with Gasteiger partial charge in [-0.15, -0.1) is 0 Å². The summed E-state index contributed by atoms with van der Waals surface area (Å²) in [5, 5.41) is 11.0. The molecule has 9 heteroatoms. The number of carbonyl (C=O) groups excluding carboxylic acids is 1. The van der Waals surface area contributed by atoms with Crippen LogP contribution in [-0.2, 0) is 10.0 Å². The summed E-state index contributed by atoms with van der Waals surface area (Å²) in [6, 6.07) is 20.7. The molecule has 0 aliphatic heterocycles. The minimum atomic E-state index is -4.32. The van der Waals surface area contributed by atoms with Crippen LogP contribution < -0.4 is 9.84 Å². The maximum absolute atomic E-state index is 13.2. The van der Waals surface area contributed by atoms with Gasteiger partial charge in [0, 0.05) is 17.7 Å². The Morgan fingerprint density at radius 2 is 1.50 bits per heavy atom. The number of nitro groups is 1. The van der Waals surface area contributed by atoms with Crippen LogP contribution in [0.1, 0.15) is 10.4 Å². The molecule has 0 radical (unpaired) electrons. The monoisotopic (exact) mass is 397 g/mol. The minimum absolute atomic E-state index is 0.179. The molecule has 0 saturated heterocycles. The quantitative estimate of drug-likeness (QED) is 0.508. The van der Waals surface area contributed by atoms with E-state index < -0.39 is 20.9 Å². The number of para-hydroxylation sites is 1. The Balaban J connectivity index is 2.05. The van der Waals surface area contributed by atoms with Gasteiger partial charge in [-0.1, -0.05) is 42.5 Å². The van der Waals surface area contributed by atoms with Crippen LogP contribution in [0.15, 0.2) is 89.8 Å². The van der Waals surface area contributed by atoms with Crippen LogP contribution >= 0.6 is 0 Å². The van der Waals surface area contributed by atoms with Crippen LogP contribution in [0.4, 0.5) is 11.4 Å². The van der Waals surface area contributed by atoms with Crippen LogP contribution in [0.5, 0.6) is 0 Å². The van der Waals surface area contributed by atoms with Crippen LogP contribution in [-0.4, -0.2) is 19.2 Å². The predicted octanol–water partition coefficient (Wildman–Crippen LogP) is 3.14. The van der Waals surface area contributed by atoms with Gasteiger partial charge in [-0.25, -0.2) is 5.43 Å². The van der Waals surface area contributed by atoms with Gasteiger partial charge in [0.25, 0.3) is 21.6 Å². The van der Waals surface area contributed by atoms with E-state index in [2.05, 4.69) is 5.43 Å². The number of nitrogens with zero attached hydrogens (tertiary/aromatic N) is 2. The van der Waals surface area contributed by atoms with Crippen molar-refractivity contribution >= 4 is 27.3 Å². The number of amides is 1. The molecule has 0 aliphatic rings. The lowest BCUT2D eigenvalue weighted by molar-refractivity contribution is -0.385. The van der Waals surface area contributed by atoms with Crippen molar-refractivity contribution in [3.8, 4) is 0 Å². The number of nitrogens with one attached hydrogen (secondary N) is 1. The van der Waals surface area contributed by atoms with Crippen LogP contribution in [0, 0.1) is 10.1 Å². The number of carbonyl (C=O) groups is 1. The molecule has 0 saturated carbocycles. The number of rotatable bonds is 6. The molecular formula is C19H15N3O5S. The van der Waals surface area contributed by atoms with Crippen molar-refractivity contribution in [2.45, 2.75) is 4.90 Å². The molecule has 0 atom stereocenters. The second kappa shape index (κ2) is 7.89. The molecule has 8 nitrogen and oxygen atoms in total. The van der Waals surface area contributed by atoms with Crippen molar-refractivity contribution in [1.82, 2.24) is 5.43 Å². The summed E-state index contributed by atoms with van der Waals surface area (Å²) in [7, 11) is -4.32. The number of sulfonamides is 1. The molecule has 3 rings (SSSR count). The number of hydrogen-bond acceptors (Lipinski definition) is 5. The van der Waals surface area contributed by atoms with Crippen molar-refractivity contribution in [3.63, 3.8) is 0 Å². The second-order valence-electron chi connectivity index (χ2n) is 5.67. The normalized spacial score (nSPS) is 10.9. The molecule has 0 spiro atoms. The molecule has 0 heterocycles. The van der Waals surface area contributed by atoms with Crippen molar-refractivity contribution in [2.75, 3.05) is 4.41 Å². The first-order valence-corrected chi connectivity index (χ1v) is 9.54. The number of nitro benzene ring substituents is 1. The van der Waals surface area contributed by atoms with Gasteiger partial charge < -0.3 is 0 Å². The van der Waals surface area contributed by atoms with E-state index in [-0.39, 0.29) is 21.8 Å². The summed E-state index contributed by atoms with van der Waals surface area (Å²) in [5.74, 6) is -0.640. The van der Waals surface area contributed by atoms with Gasteiger partial charge in [0.1, 0.15) is 0 Å². The zero-order valence-electron chi connectivity index (χ0n) is 14.4. The number of hydrazine groups is 1. The molecule has 3 aromatic rings. The number of benzene rings is 3. The highest BCUT2D eigenvalue weighted by atomic mass is 32.2. The molecule has 0 bridgehead atoms. The third kappa shape index (κ3) is 3.99. The lowest BCUT2D eigenvalue weighted by Gasteiger charge is -2.24. The fourth-order valence-electron chi connectivity index (χ4n) is 2.44. The molecule has 3 aromatic carbocycles. The average Bonchev–Trinajstić information content (AvgIpc) is 2.73. The fourth-order valence-corrected chi connectivity index (χ4v) is 3.77. The first-order valence-electron chi connectivity index (χ1n) is 8.10. The lowest BCUT2D eigenvalue weighted by Crippen LogP contribution is -2.46. The summed E-state index contributed by atoms with van der Waals surface area (Å²) in [6.07, 6.45) is 0. The first kappa shape index (κ1) is 19.1. The van der Waals surface area contributed by atoms with Crippen molar-refractivity contribution in [2.24, 2.45) is 0 Å². The molecule has 0 aromatic heterocycles. The zero-order valence-corrected chi connectivity index (χ0v) is 15.2. The third-order valence-electron chi connectivity index (χ3n) is 3.80. The summed E-state index contributed by atoms with van der Waals surface area (Å²) < 4.78 is 27.0. The SMILES string of the molecule is O=C(NN(c1ccccc1)S(=O)(=O)c1cccc([N+](=O)[O-])c1)c1ccccc1. The average molecular weight is 397 g/mol. The van der Waals surface area contributed by atoms with E-state index in [1.54, 1.807) is 48.5 Å². The Bertz CT molecular complexity index is 1100. The Kier molecular flexibility index (Phi) is 5.37. The van der Waals surface area contributed by atoms with E-state index in [9.17, 15) is 23.3 Å². The number of hydrogen-bond donors (Lipinski definition) is 1. The van der Waals surface area contributed by atoms with Gasteiger partial charge in [-0.2, -0.15) is 12.8 Å². The Morgan fingerprint density at radius 1 is 0.893 bits per heavy atom. The van der Waals surface area contributed by atoms with E-state index in [1.807, 2.05) is 0 Å². The Morgan fingerprint density at radius 3 is 2.11 bits per heavy atom. The molecule has 142 valence electrons. The fraction of sp³-hybridized carbons (Fsp3) is 0.